The minimum absolute atomic E-state index is 0.0805. The van der Waals surface area contributed by atoms with E-state index in [1.807, 2.05) is 0 Å². The Labute approximate surface area is 166 Å². The highest BCUT2D eigenvalue weighted by atomic mass is 32.2. The Morgan fingerprint density at radius 2 is 1.60 bits per heavy atom. The van der Waals surface area contributed by atoms with Crippen molar-refractivity contribution in [3.8, 4) is 5.75 Å². The number of anilines is 1. The van der Waals surface area contributed by atoms with E-state index in [4.69, 9.17) is 0 Å². The van der Waals surface area contributed by atoms with Crippen molar-refractivity contribution in [2.24, 2.45) is 0 Å². The summed E-state index contributed by atoms with van der Waals surface area (Å²) < 4.78 is 133. The molecule has 1 rings (SSSR count). The fourth-order valence-electron chi connectivity index (χ4n) is 2.42. The number of sulfonamides is 1. The first-order valence-corrected chi connectivity index (χ1v) is 9.84. The highest BCUT2D eigenvalue weighted by Gasteiger charge is 2.72. The predicted octanol–water partition coefficient (Wildman–Crippen LogP) is 4.52. The van der Waals surface area contributed by atoms with Gasteiger partial charge in [0.25, 0.3) is 5.67 Å². The van der Waals surface area contributed by atoms with Crippen molar-refractivity contribution in [3.63, 3.8) is 0 Å². The standard InChI is InChI=1S/C16H17F8NO4S/c1-3-8-30(27,28)25(10-4-5-12(29-2)11(17)9-10)13(26)6-7-14(18,15(19,20)21)16(22,23)24/h4-5,9H,3,6-8H2,1-2H3. The maximum Gasteiger partial charge on any atom is 0.431 e. The number of ether oxygens (including phenoxy) is 1. The Balaban J connectivity index is 3.36. The molecule has 0 aromatic heterocycles. The number of carbonyl (C=O) groups is 1. The average Bonchev–Trinajstić information content (AvgIpc) is 2.57. The molecule has 30 heavy (non-hydrogen) atoms. The summed E-state index contributed by atoms with van der Waals surface area (Å²) in [5.41, 5.74) is -6.42. The Hall–Kier alpha value is -2.12. The van der Waals surface area contributed by atoms with Crippen LogP contribution in [-0.4, -0.2) is 45.2 Å². The quantitative estimate of drug-likeness (QED) is 0.523. The van der Waals surface area contributed by atoms with Gasteiger partial charge in [0.2, 0.25) is 15.9 Å². The molecule has 172 valence electrons. The molecule has 0 fully saturated rings. The van der Waals surface area contributed by atoms with E-state index in [-0.39, 0.29) is 16.5 Å². The smallest absolute Gasteiger partial charge is 0.431 e. The molecule has 1 aromatic rings. The molecule has 0 aliphatic rings. The van der Waals surface area contributed by atoms with E-state index in [1.165, 1.54) is 6.92 Å². The normalized spacial score (nSPS) is 13.3. The number of hydrogen-bond donors (Lipinski definition) is 0. The number of benzene rings is 1. The molecule has 0 atom stereocenters. The largest absolute Gasteiger partial charge is 0.494 e. The zero-order valence-electron chi connectivity index (χ0n) is 15.6. The molecular weight excluding hydrogens is 454 g/mol. The summed E-state index contributed by atoms with van der Waals surface area (Å²) in [6, 6.07) is 2.26. The van der Waals surface area contributed by atoms with Crippen LogP contribution in [0.5, 0.6) is 5.75 Å². The second-order valence-corrected chi connectivity index (χ2v) is 8.03. The first kappa shape index (κ1) is 25.9. The SMILES string of the molecule is CCCS(=O)(=O)N(C(=O)CCC(F)(C(F)(F)F)C(F)(F)F)c1ccc(OC)c(F)c1. The van der Waals surface area contributed by atoms with E-state index in [9.17, 15) is 48.3 Å². The van der Waals surface area contributed by atoms with Gasteiger partial charge in [0.1, 0.15) is 0 Å². The summed E-state index contributed by atoms with van der Waals surface area (Å²) >= 11 is 0. The van der Waals surface area contributed by atoms with E-state index in [0.29, 0.717) is 6.07 Å². The van der Waals surface area contributed by atoms with Crippen molar-refractivity contribution in [1.82, 2.24) is 0 Å². The van der Waals surface area contributed by atoms with Crippen molar-refractivity contribution < 1.29 is 53.1 Å². The van der Waals surface area contributed by atoms with Gasteiger partial charge in [-0.25, -0.2) is 21.5 Å². The van der Waals surface area contributed by atoms with Crippen molar-refractivity contribution in [2.45, 2.75) is 44.2 Å². The second-order valence-electron chi connectivity index (χ2n) is 6.09. The van der Waals surface area contributed by atoms with Crippen LogP contribution in [0.25, 0.3) is 0 Å². The topological polar surface area (TPSA) is 63.7 Å². The molecule has 0 aliphatic carbocycles. The number of nitrogens with zero attached hydrogens (tertiary/aromatic N) is 1. The molecule has 0 aliphatic heterocycles. The lowest BCUT2D eigenvalue weighted by molar-refractivity contribution is -0.342. The number of amides is 1. The third-order valence-electron chi connectivity index (χ3n) is 3.92. The van der Waals surface area contributed by atoms with Gasteiger partial charge in [-0.3, -0.25) is 4.79 Å². The van der Waals surface area contributed by atoms with E-state index >= 15 is 0 Å². The number of rotatable bonds is 8. The Morgan fingerprint density at radius 3 is 2.00 bits per heavy atom. The Bertz CT molecular complexity index is 853. The highest BCUT2D eigenvalue weighted by molar-refractivity contribution is 7.93. The van der Waals surface area contributed by atoms with Gasteiger partial charge in [0, 0.05) is 18.9 Å². The first-order chi connectivity index (χ1) is 13.5. The molecule has 0 saturated carbocycles. The lowest BCUT2D eigenvalue weighted by Crippen LogP contribution is -2.53. The number of hydrogen-bond acceptors (Lipinski definition) is 4. The molecule has 14 heteroatoms. The van der Waals surface area contributed by atoms with Crippen LogP contribution >= 0.6 is 0 Å². The van der Waals surface area contributed by atoms with E-state index in [2.05, 4.69) is 4.74 Å². The summed E-state index contributed by atoms with van der Waals surface area (Å²) in [5, 5.41) is 0. The van der Waals surface area contributed by atoms with Crippen molar-refractivity contribution in [3.05, 3.63) is 24.0 Å². The molecule has 0 unspecified atom stereocenters. The third kappa shape index (κ3) is 5.32. The number of carbonyl (C=O) groups excluding carboxylic acids is 1. The fraction of sp³-hybridized carbons (Fsp3) is 0.562. The van der Waals surface area contributed by atoms with Crippen LogP contribution < -0.4 is 9.04 Å². The second kappa shape index (κ2) is 8.94. The van der Waals surface area contributed by atoms with Gasteiger partial charge in [-0.1, -0.05) is 6.92 Å². The van der Waals surface area contributed by atoms with E-state index in [0.717, 1.165) is 19.2 Å². The number of methoxy groups -OCH3 is 1. The van der Waals surface area contributed by atoms with Gasteiger partial charge in [0.15, 0.2) is 11.6 Å². The van der Waals surface area contributed by atoms with Crippen molar-refractivity contribution in [1.29, 1.82) is 0 Å². The molecule has 0 N–H and O–H groups in total. The van der Waals surface area contributed by atoms with Crippen LogP contribution in [0.4, 0.5) is 40.8 Å². The van der Waals surface area contributed by atoms with Gasteiger partial charge >= 0.3 is 12.4 Å². The van der Waals surface area contributed by atoms with Crippen LogP contribution in [-0.2, 0) is 14.8 Å². The summed E-state index contributed by atoms with van der Waals surface area (Å²) in [6.45, 7) is 1.37. The van der Waals surface area contributed by atoms with Crippen molar-refractivity contribution in [2.75, 3.05) is 17.2 Å². The molecular formula is C16H17F8NO4S. The van der Waals surface area contributed by atoms with E-state index in [1.54, 1.807) is 0 Å². The van der Waals surface area contributed by atoms with Crippen LogP contribution in [0, 0.1) is 5.82 Å². The summed E-state index contributed by atoms with van der Waals surface area (Å²) in [5.74, 6) is -4.03. The van der Waals surface area contributed by atoms with E-state index < -0.39 is 64.1 Å². The summed E-state index contributed by atoms with van der Waals surface area (Å²) in [6.07, 6.45) is -17.1. The maximum absolute atomic E-state index is 13.9. The van der Waals surface area contributed by atoms with Crippen LogP contribution in [0.15, 0.2) is 18.2 Å². The third-order valence-corrected chi connectivity index (χ3v) is 5.81. The highest BCUT2D eigenvalue weighted by Crippen LogP contribution is 2.49. The zero-order valence-corrected chi connectivity index (χ0v) is 16.4. The van der Waals surface area contributed by atoms with Gasteiger partial charge in [-0.15, -0.1) is 0 Å². The summed E-state index contributed by atoms with van der Waals surface area (Å²) in [4.78, 5) is 12.3. The monoisotopic (exact) mass is 471 g/mol. The van der Waals surface area contributed by atoms with Crippen LogP contribution in [0.1, 0.15) is 26.2 Å². The molecule has 1 aromatic carbocycles. The number of halogens is 8. The lowest BCUT2D eigenvalue weighted by Gasteiger charge is -2.30. The molecule has 0 spiro atoms. The summed E-state index contributed by atoms with van der Waals surface area (Å²) in [7, 11) is -3.53. The maximum atomic E-state index is 13.9. The molecule has 1 amide bonds. The van der Waals surface area contributed by atoms with Crippen molar-refractivity contribution >= 4 is 21.6 Å². The first-order valence-electron chi connectivity index (χ1n) is 8.23. The van der Waals surface area contributed by atoms with Gasteiger partial charge in [-0.2, -0.15) is 26.3 Å². The zero-order chi connectivity index (χ0) is 23.5. The Morgan fingerprint density at radius 1 is 1.07 bits per heavy atom. The molecule has 0 saturated heterocycles. The van der Waals surface area contributed by atoms with Gasteiger partial charge < -0.3 is 4.74 Å². The van der Waals surface area contributed by atoms with Gasteiger partial charge in [0.05, 0.1) is 18.6 Å². The molecule has 0 heterocycles. The predicted molar refractivity (Wildman–Crippen MR) is 89.7 cm³/mol. The minimum Gasteiger partial charge on any atom is -0.494 e. The van der Waals surface area contributed by atoms with Crippen LogP contribution in [0.2, 0.25) is 0 Å². The molecule has 0 bridgehead atoms. The Kier molecular flexibility index (Phi) is 7.72. The van der Waals surface area contributed by atoms with Crippen LogP contribution in [0.3, 0.4) is 0 Å². The molecule has 5 nitrogen and oxygen atoms in total. The fourth-order valence-corrected chi connectivity index (χ4v) is 3.95. The number of alkyl halides is 7. The average molecular weight is 471 g/mol. The lowest BCUT2D eigenvalue weighted by atomic mass is 9.98. The molecule has 0 radical (unpaired) electrons. The van der Waals surface area contributed by atoms with Gasteiger partial charge in [-0.05, 0) is 18.6 Å². The minimum atomic E-state index is -6.40.